The molecule has 8 N–H and O–H groups in total. The van der Waals surface area contributed by atoms with E-state index in [-0.39, 0.29) is 26.3 Å². The standard InChI is InChI=1S/C19H26N6O4/c20-24(9-11-26)18(28)22-16-5-1-14(2-6-16)13-15-3-7-17(8-4-15)23-19(29)25(21)10-12-27/h1-8,26-27H,9-13,20-21H2,(H,22,28)(H,23,29). The first-order valence-corrected chi connectivity index (χ1v) is 8.99. The van der Waals surface area contributed by atoms with Gasteiger partial charge in [0.15, 0.2) is 0 Å². The predicted molar refractivity (Wildman–Crippen MR) is 110 cm³/mol. The third-order valence-electron chi connectivity index (χ3n) is 4.02. The molecule has 0 heterocycles. The molecule has 0 aliphatic rings. The Bertz CT molecular complexity index is 730. The summed E-state index contributed by atoms with van der Waals surface area (Å²) in [5.41, 5.74) is 3.27. The molecule has 0 bridgehead atoms. The van der Waals surface area contributed by atoms with E-state index in [4.69, 9.17) is 21.9 Å². The number of rotatable bonds is 8. The monoisotopic (exact) mass is 402 g/mol. The van der Waals surface area contributed by atoms with Crippen molar-refractivity contribution in [3.8, 4) is 0 Å². The fourth-order valence-electron chi connectivity index (χ4n) is 2.46. The van der Waals surface area contributed by atoms with Gasteiger partial charge in [0.2, 0.25) is 0 Å². The maximum Gasteiger partial charge on any atom is 0.336 e. The van der Waals surface area contributed by atoms with Gasteiger partial charge in [-0.3, -0.25) is 10.0 Å². The molecule has 0 aliphatic carbocycles. The molecular formula is C19H26N6O4. The van der Waals surface area contributed by atoms with Crippen LogP contribution in [0.1, 0.15) is 11.1 Å². The highest BCUT2D eigenvalue weighted by molar-refractivity contribution is 5.89. The van der Waals surface area contributed by atoms with Crippen LogP contribution in [0.3, 0.4) is 0 Å². The summed E-state index contributed by atoms with van der Waals surface area (Å²) < 4.78 is 0. The molecular weight excluding hydrogens is 376 g/mol. The highest BCUT2D eigenvalue weighted by atomic mass is 16.3. The van der Waals surface area contributed by atoms with E-state index in [0.29, 0.717) is 17.8 Å². The average Bonchev–Trinajstić information content (AvgIpc) is 2.71. The van der Waals surface area contributed by atoms with E-state index in [0.717, 1.165) is 21.1 Å². The van der Waals surface area contributed by atoms with Gasteiger partial charge in [0.05, 0.1) is 26.3 Å². The van der Waals surface area contributed by atoms with E-state index < -0.39 is 12.1 Å². The number of anilines is 2. The van der Waals surface area contributed by atoms with Gasteiger partial charge in [0.1, 0.15) is 0 Å². The van der Waals surface area contributed by atoms with Crippen LogP contribution >= 0.6 is 0 Å². The van der Waals surface area contributed by atoms with Crippen LogP contribution in [0.15, 0.2) is 48.5 Å². The zero-order valence-corrected chi connectivity index (χ0v) is 15.9. The van der Waals surface area contributed by atoms with Crippen molar-refractivity contribution in [1.29, 1.82) is 0 Å². The predicted octanol–water partition coefficient (Wildman–Crippen LogP) is 0.677. The summed E-state index contributed by atoms with van der Waals surface area (Å²) in [6.45, 7) is -0.326. The molecule has 0 saturated carbocycles. The van der Waals surface area contributed by atoms with E-state index >= 15 is 0 Å². The second-order valence-electron chi connectivity index (χ2n) is 6.26. The Labute approximate surface area is 168 Å². The number of carbonyl (C=O) groups excluding carboxylic acids is 2. The number of hydrazine groups is 2. The van der Waals surface area contributed by atoms with Crippen LogP contribution in [0, 0.1) is 0 Å². The summed E-state index contributed by atoms with van der Waals surface area (Å²) in [5, 5.41) is 24.7. The number of amides is 4. The van der Waals surface area contributed by atoms with Crippen molar-refractivity contribution in [2.24, 2.45) is 11.7 Å². The molecule has 0 aromatic heterocycles. The number of hydrogen-bond donors (Lipinski definition) is 6. The van der Waals surface area contributed by atoms with Crippen LogP contribution in [0.4, 0.5) is 21.0 Å². The summed E-state index contributed by atoms with van der Waals surface area (Å²) in [6.07, 6.45) is 0.670. The van der Waals surface area contributed by atoms with Gasteiger partial charge in [-0.2, -0.15) is 0 Å². The Morgan fingerprint density at radius 1 is 0.724 bits per heavy atom. The second kappa shape index (κ2) is 11.0. The van der Waals surface area contributed by atoms with Crippen molar-refractivity contribution in [1.82, 2.24) is 10.0 Å². The Hall–Kier alpha value is -3.18. The van der Waals surface area contributed by atoms with Crippen molar-refractivity contribution in [2.75, 3.05) is 36.9 Å². The number of hydrogen-bond acceptors (Lipinski definition) is 6. The zero-order chi connectivity index (χ0) is 21.2. The number of urea groups is 2. The van der Waals surface area contributed by atoms with Crippen molar-refractivity contribution in [2.45, 2.75) is 6.42 Å². The minimum atomic E-state index is -0.500. The number of benzene rings is 2. The Morgan fingerprint density at radius 2 is 1.07 bits per heavy atom. The molecule has 0 aliphatic heterocycles. The first-order chi connectivity index (χ1) is 13.9. The first kappa shape index (κ1) is 22.1. The van der Waals surface area contributed by atoms with Gasteiger partial charge in [0, 0.05) is 11.4 Å². The SMILES string of the molecule is NN(CCO)C(=O)Nc1ccc(Cc2ccc(NC(=O)N(N)CCO)cc2)cc1. The fraction of sp³-hybridized carbons (Fsp3) is 0.263. The third-order valence-corrected chi connectivity index (χ3v) is 4.02. The molecule has 4 amide bonds. The van der Waals surface area contributed by atoms with Crippen LogP contribution in [0.5, 0.6) is 0 Å². The lowest BCUT2D eigenvalue weighted by molar-refractivity contribution is 0.190. The second-order valence-corrected chi connectivity index (χ2v) is 6.26. The number of aliphatic hydroxyl groups is 2. The van der Waals surface area contributed by atoms with Crippen molar-refractivity contribution >= 4 is 23.4 Å². The molecule has 2 aromatic carbocycles. The topological polar surface area (TPSA) is 157 Å². The molecule has 2 rings (SSSR count). The summed E-state index contributed by atoms with van der Waals surface area (Å²) in [6, 6.07) is 13.6. The Kier molecular flexibility index (Phi) is 8.37. The summed E-state index contributed by atoms with van der Waals surface area (Å²) in [4.78, 5) is 23.6. The lowest BCUT2D eigenvalue weighted by Gasteiger charge is -2.16. The molecule has 0 fully saturated rings. The van der Waals surface area contributed by atoms with Crippen LogP contribution in [-0.2, 0) is 6.42 Å². The van der Waals surface area contributed by atoms with Gasteiger partial charge in [-0.1, -0.05) is 24.3 Å². The fourth-order valence-corrected chi connectivity index (χ4v) is 2.46. The van der Waals surface area contributed by atoms with E-state index in [1.807, 2.05) is 24.3 Å². The van der Waals surface area contributed by atoms with E-state index in [1.54, 1.807) is 24.3 Å². The van der Waals surface area contributed by atoms with E-state index in [9.17, 15) is 9.59 Å². The normalized spacial score (nSPS) is 10.3. The van der Waals surface area contributed by atoms with Gasteiger partial charge in [-0.05, 0) is 41.8 Å². The molecule has 10 heteroatoms. The first-order valence-electron chi connectivity index (χ1n) is 8.99. The minimum Gasteiger partial charge on any atom is -0.394 e. The molecule has 2 aromatic rings. The lowest BCUT2D eigenvalue weighted by Crippen LogP contribution is -2.42. The highest BCUT2D eigenvalue weighted by Gasteiger charge is 2.10. The summed E-state index contributed by atoms with van der Waals surface area (Å²) >= 11 is 0. The third kappa shape index (κ3) is 7.05. The molecule has 29 heavy (non-hydrogen) atoms. The van der Waals surface area contributed by atoms with Crippen LogP contribution in [0.25, 0.3) is 0 Å². The average molecular weight is 402 g/mol. The highest BCUT2D eigenvalue weighted by Crippen LogP contribution is 2.16. The van der Waals surface area contributed by atoms with Gasteiger partial charge in [-0.15, -0.1) is 0 Å². The maximum atomic E-state index is 11.8. The summed E-state index contributed by atoms with van der Waals surface area (Å²) in [7, 11) is 0. The molecule has 0 radical (unpaired) electrons. The Balaban J connectivity index is 1.90. The number of nitrogens with zero attached hydrogens (tertiary/aromatic N) is 2. The molecule has 156 valence electrons. The van der Waals surface area contributed by atoms with Crippen molar-refractivity contribution < 1.29 is 19.8 Å². The quantitative estimate of drug-likeness (QED) is 0.216. The van der Waals surface area contributed by atoms with Gasteiger partial charge in [0.25, 0.3) is 0 Å². The number of aliphatic hydroxyl groups excluding tert-OH is 2. The molecule has 0 spiro atoms. The number of carbonyl (C=O) groups is 2. The smallest absolute Gasteiger partial charge is 0.336 e. The number of nitrogens with one attached hydrogen (secondary N) is 2. The van der Waals surface area contributed by atoms with Gasteiger partial charge >= 0.3 is 12.1 Å². The van der Waals surface area contributed by atoms with Crippen LogP contribution in [-0.4, -0.2) is 58.6 Å². The molecule has 0 atom stereocenters. The molecule has 0 unspecified atom stereocenters. The van der Waals surface area contributed by atoms with Gasteiger partial charge < -0.3 is 20.8 Å². The molecule has 10 nitrogen and oxygen atoms in total. The lowest BCUT2D eigenvalue weighted by atomic mass is 10.0. The van der Waals surface area contributed by atoms with Crippen LogP contribution in [0.2, 0.25) is 0 Å². The van der Waals surface area contributed by atoms with E-state index in [2.05, 4.69) is 10.6 Å². The van der Waals surface area contributed by atoms with Gasteiger partial charge in [-0.25, -0.2) is 21.3 Å². The summed E-state index contributed by atoms with van der Waals surface area (Å²) in [5.74, 6) is 11.0. The Morgan fingerprint density at radius 3 is 1.38 bits per heavy atom. The maximum absolute atomic E-state index is 11.8. The van der Waals surface area contributed by atoms with Crippen molar-refractivity contribution in [3.63, 3.8) is 0 Å². The minimum absolute atomic E-state index is 0.0467. The van der Waals surface area contributed by atoms with Crippen LogP contribution < -0.4 is 22.3 Å². The largest absolute Gasteiger partial charge is 0.394 e. The zero-order valence-electron chi connectivity index (χ0n) is 15.9. The number of nitrogens with two attached hydrogens (primary N) is 2. The van der Waals surface area contributed by atoms with Crippen molar-refractivity contribution in [3.05, 3.63) is 59.7 Å². The molecule has 0 saturated heterocycles. The van der Waals surface area contributed by atoms with E-state index in [1.165, 1.54) is 0 Å².